The van der Waals surface area contributed by atoms with Crippen molar-refractivity contribution in [1.82, 2.24) is 4.90 Å². The highest BCUT2D eigenvalue weighted by molar-refractivity contribution is 5.93. The van der Waals surface area contributed by atoms with E-state index in [1.165, 1.54) is 0 Å². The van der Waals surface area contributed by atoms with Crippen LogP contribution in [-0.2, 0) is 4.79 Å². The number of carbonyl (C=O) groups excluding carboxylic acids is 1. The Morgan fingerprint density at radius 2 is 2.16 bits per heavy atom. The molecule has 0 aliphatic rings. The van der Waals surface area contributed by atoms with Gasteiger partial charge in [0.15, 0.2) is 0 Å². The summed E-state index contributed by atoms with van der Waals surface area (Å²) in [6.45, 7) is 3.50. The summed E-state index contributed by atoms with van der Waals surface area (Å²) in [6, 6.07) is 8.92. The van der Waals surface area contributed by atoms with Gasteiger partial charge in [-0.1, -0.05) is 19.1 Å². The van der Waals surface area contributed by atoms with Gasteiger partial charge < -0.3 is 10.4 Å². The number of rotatable bonds is 7. The monoisotopic (exact) mass is 261 g/mol. The SMILES string of the molecule is CCCN(CCO)CC(=O)Nc1ccccc1C#N. The van der Waals surface area contributed by atoms with Crippen molar-refractivity contribution in [3.8, 4) is 6.07 Å². The van der Waals surface area contributed by atoms with E-state index in [9.17, 15) is 4.79 Å². The normalized spacial score (nSPS) is 10.2. The van der Waals surface area contributed by atoms with E-state index in [4.69, 9.17) is 10.4 Å². The van der Waals surface area contributed by atoms with E-state index in [2.05, 4.69) is 5.32 Å². The van der Waals surface area contributed by atoms with Crippen LogP contribution < -0.4 is 5.32 Å². The van der Waals surface area contributed by atoms with Gasteiger partial charge in [0.2, 0.25) is 5.91 Å². The predicted molar refractivity (Wildman–Crippen MR) is 73.6 cm³/mol. The summed E-state index contributed by atoms with van der Waals surface area (Å²) in [4.78, 5) is 13.8. The molecule has 0 saturated carbocycles. The average Bonchev–Trinajstić information content (AvgIpc) is 2.40. The summed E-state index contributed by atoms with van der Waals surface area (Å²) < 4.78 is 0. The first-order valence-corrected chi connectivity index (χ1v) is 6.33. The summed E-state index contributed by atoms with van der Waals surface area (Å²) in [6.07, 6.45) is 0.919. The van der Waals surface area contributed by atoms with Gasteiger partial charge in [-0.05, 0) is 25.1 Å². The predicted octanol–water partition coefficient (Wildman–Crippen LogP) is 1.20. The Labute approximate surface area is 113 Å². The van der Waals surface area contributed by atoms with Crippen LogP contribution in [-0.4, -0.2) is 42.2 Å². The number of carbonyl (C=O) groups is 1. The fraction of sp³-hybridized carbons (Fsp3) is 0.429. The zero-order chi connectivity index (χ0) is 14.1. The highest BCUT2D eigenvalue weighted by Crippen LogP contribution is 2.13. The fourth-order valence-electron chi connectivity index (χ4n) is 1.81. The Morgan fingerprint density at radius 3 is 2.79 bits per heavy atom. The molecule has 1 aromatic rings. The van der Waals surface area contributed by atoms with Gasteiger partial charge in [0.1, 0.15) is 6.07 Å². The number of anilines is 1. The highest BCUT2D eigenvalue weighted by Gasteiger charge is 2.11. The maximum absolute atomic E-state index is 11.9. The van der Waals surface area contributed by atoms with Crippen LogP contribution >= 0.6 is 0 Å². The third kappa shape index (κ3) is 5.08. The van der Waals surface area contributed by atoms with E-state index < -0.39 is 0 Å². The Bertz CT molecular complexity index is 448. The van der Waals surface area contributed by atoms with Gasteiger partial charge in [0.25, 0.3) is 0 Å². The molecule has 5 nitrogen and oxygen atoms in total. The molecule has 0 aromatic heterocycles. The molecule has 1 rings (SSSR count). The van der Waals surface area contributed by atoms with Gasteiger partial charge in [-0.25, -0.2) is 0 Å². The van der Waals surface area contributed by atoms with Crippen molar-refractivity contribution >= 4 is 11.6 Å². The lowest BCUT2D eigenvalue weighted by molar-refractivity contribution is -0.117. The average molecular weight is 261 g/mol. The van der Waals surface area contributed by atoms with Crippen molar-refractivity contribution in [3.05, 3.63) is 29.8 Å². The lowest BCUT2D eigenvalue weighted by Gasteiger charge is -2.19. The Hall–Kier alpha value is -1.90. The van der Waals surface area contributed by atoms with Crippen LogP contribution in [0.1, 0.15) is 18.9 Å². The summed E-state index contributed by atoms with van der Waals surface area (Å²) in [5.41, 5.74) is 0.968. The number of benzene rings is 1. The van der Waals surface area contributed by atoms with Crippen molar-refractivity contribution in [2.24, 2.45) is 0 Å². The first kappa shape index (κ1) is 15.2. The molecule has 0 bridgehead atoms. The van der Waals surface area contributed by atoms with Gasteiger partial charge in [0, 0.05) is 6.54 Å². The molecule has 0 radical (unpaired) electrons. The lowest BCUT2D eigenvalue weighted by atomic mass is 10.2. The minimum absolute atomic E-state index is 0.0298. The van der Waals surface area contributed by atoms with Crippen molar-refractivity contribution in [1.29, 1.82) is 5.26 Å². The number of hydrogen-bond acceptors (Lipinski definition) is 4. The van der Waals surface area contributed by atoms with E-state index in [-0.39, 0.29) is 19.1 Å². The van der Waals surface area contributed by atoms with Crippen LogP contribution in [0, 0.1) is 11.3 Å². The molecule has 0 aliphatic heterocycles. The first-order chi connectivity index (χ1) is 9.21. The van der Waals surface area contributed by atoms with Crippen LogP contribution in [0.5, 0.6) is 0 Å². The van der Waals surface area contributed by atoms with Crippen molar-refractivity contribution < 1.29 is 9.90 Å². The molecule has 102 valence electrons. The molecule has 0 unspecified atom stereocenters. The standard InChI is InChI=1S/C14H19N3O2/c1-2-7-17(8-9-18)11-14(19)16-13-6-4-3-5-12(13)10-15/h3-6,18H,2,7-9,11H2,1H3,(H,16,19). The molecule has 0 aliphatic carbocycles. The second-order valence-corrected chi connectivity index (χ2v) is 4.21. The van der Waals surface area contributed by atoms with Gasteiger partial charge in [-0.3, -0.25) is 9.69 Å². The summed E-state index contributed by atoms with van der Waals surface area (Å²) in [5, 5.41) is 20.6. The molecule has 0 spiro atoms. The molecule has 5 heteroatoms. The Morgan fingerprint density at radius 1 is 1.42 bits per heavy atom. The van der Waals surface area contributed by atoms with Crippen molar-refractivity contribution in [2.75, 3.05) is 31.6 Å². The van der Waals surface area contributed by atoms with Crippen molar-refractivity contribution in [3.63, 3.8) is 0 Å². The number of aliphatic hydroxyl groups excluding tert-OH is 1. The van der Waals surface area contributed by atoms with Gasteiger partial charge in [0.05, 0.1) is 24.4 Å². The van der Waals surface area contributed by atoms with E-state index in [0.29, 0.717) is 17.8 Å². The minimum atomic E-state index is -0.176. The largest absolute Gasteiger partial charge is 0.395 e. The molecule has 0 heterocycles. The topological polar surface area (TPSA) is 76.4 Å². The smallest absolute Gasteiger partial charge is 0.238 e. The first-order valence-electron chi connectivity index (χ1n) is 6.33. The quantitative estimate of drug-likeness (QED) is 0.773. The Balaban J connectivity index is 2.61. The molecule has 0 saturated heterocycles. The van der Waals surface area contributed by atoms with Crippen LogP contribution in [0.15, 0.2) is 24.3 Å². The molecule has 2 N–H and O–H groups in total. The maximum atomic E-state index is 11.9. The van der Waals surface area contributed by atoms with E-state index in [0.717, 1.165) is 13.0 Å². The number of aliphatic hydroxyl groups is 1. The zero-order valence-electron chi connectivity index (χ0n) is 11.1. The zero-order valence-corrected chi connectivity index (χ0v) is 11.1. The number of para-hydroxylation sites is 1. The van der Waals surface area contributed by atoms with Gasteiger partial charge in [-0.2, -0.15) is 5.26 Å². The van der Waals surface area contributed by atoms with Crippen LogP contribution in [0.4, 0.5) is 5.69 Å². The fourth-order valence-corrected chi connectivity index (χ4v) is 1.81. The van der Waals surface area contributed by atoms with Gasteiger partial charge >= 0.3 is 0 Å². The van der Waals surface area contributed by atoms with E-state index in [1.54, 1.807) is 24.3 Å². The molecule has 0 atom stereocenters. The molecule has 1 amide bonds. The molecule has 1 aromatic carbocycles. The van der Waals surface area contributed by atoms with Crippen molar-refractivity contribution in [2.45, 2.75) is 13.3 Å². The highest BCUT2D eigenvalue weighted by atomic mass is 16.3. The van der Waals surface area contributed by atoms with Crippen LogP contribution in [0.25, 0.3) is 0 Å². The summed E-state index contributed by atoms with van der Waals surface area (Å²) in [7, 11) is 0. The maximum Gasteiger partial charge on any atom is 0.238 e. The van der Waals surface area contributed by atoms with Gasteiger partial charge in [-0.15, -0.1) is 0 Å². The second-order valence-electron chi connectivity index (χ2n) is 4.21. The van der Waals surface area contributed by atoms with Crippen LogP contribution in [0.3, 0.4) is 0 Å². The van der Waals surface area contributed by atoms with E-state index >= 15 is 0 Å². The third-order valence-electron chi connectivity index (χ3n) is 2.64. The summed E-state index contributed by atoms with van der Waals surface area (Å²) in [5.74, 6) is -0.176. The molecule has 0 fully saturated rings. The van der Waals surface area contributed by atoms with E-state index in [1.807, 2.05) is 17.9 Å². The molecular weight excluding hydrogens is 242 g/mol. The molecular formula is C14H19N3O2. The summed E-state index contributed by atoms with van der Waals surface area (Å²) >= 11 is 0. The molecule has 19 heavy (non-hydrogen) atoms. The number of nitriles is 1. The lowest BCUT2D eigenvalue weighted by Crippen LogP contribution is -2.35. The number of amides is 1. The number of nitrogens with zero attached hydrogens (tertiary/aromatic N) is 2. The third-order valence-corrected chi connectivity index (χ3v) is 2.64. The number of hydrogen-bond donors (Lipinski definition) is 2. The van der Waals surface area contributed by atoms with Crippen LogP contribution in [0.2, 0.25) is 0 Å². The minimum Gasteiger partial charge on any atom is -0.395 e. The second kappa shape index (κ2) is 8.25. The Kier molecular flexibility index (Phi) is 6.58. The number of nitrogens with one attached hydrogen (secondary N) is 1.